The van der Waals surface area contributed by atoms with Crippen LogP contribution in [0.4, 0.5) is 10.5 Å². The fourth-order valence-electron chi connectivity index (χ4n) is 2.86. The highest BCUT2D eigenvalue weighted by Gasteiger charge is 2.17. The number of nitrogens with one attached hydrogen (secondary N) is 1. The molecular weight excluding hydrogens is 420 g/mol. The maximum Gasteiger partial charge on any atom is 0.338 e. The van der Waals surface area contributed by atoms with Crippen molar-refractivity contribution in [3.8, 4) is 5.75 Å². The Morgan fingerprint density at radius 2 is 1.77 bits per heavy atom. The van der Waals surface area contributed by atoms with E-state index < -0.39 is 16.1 Å². The summed E-state index contributed by atoms with van der Waals surface area (Å²) in [7, 11) is -3.64. The number of hydrogen-bond donors (Lipinski definition) is 1. The van der Waals surface area contributed by atoms with Crippen LogP contribution >= 0.6 is 0 Å². The lowest BCUT2D eigenvalue weighted by Gasteiger charge is -2.25. The quantitative estimate of drug-likeness (QED) is 0.461. The molecule has 0 aromatic heterocycles. The Labute approximate surface area is 183 Å². The Kier molecular flexibility index (Phi) is 8.44. The number of nitrogens with zero attached hydrogens (tertiary/aromatic N) is 1. The van der Waals surface area contributed by atoms with E-state index in [0.717, 1.165) is 11.8 Å². The highest BCUT2D eigenvalue weighted by atomic mass is 32.2. The van der Waals surface area contributed by atoms with Crippen molar-refractivity contribution in [2.75, 3.05) is 24.7 Å². The van der Waals surface area contributed by atoms with Gasteiger partial charge in [-0.1, -0.05) is 26.0 Å². The molecule has 8 nitrogen and oxygen atoms in total. The van der Waals surface area contributed by atoms with Gasteiger partial charge in [0.2, 0.25) is 0 Å². The van der Waals surface area contributed by atoms with Gasteiger partial charge in [0.05, 0.1) is 18.4 Å². The zero-order valence-corrected chi connectivity index (χ0v) is 18.9. The predicted octanol–water partition coefficient (Wildman–Crippen LogP) is 3.89. The van der Waals surface area contributed by atoms with E-state index in [-0.39, 0.29) is 30.9 Å². The van der Waals surface area contributed by atoms with Crippen molar-refractivity contribution in [3.63, 3.8) is 0 Å². The van der Waals surface area contributed by atoms with Crippen LogP contribution < -0.4 is 9.50 Å². The van der Waals surface area contributed by atoms with Crippen LogP contribution in [0.5, 0.6) is 5.75 Å². The zero-order chi connectivity index (χ0) is 23.0. The molecule has 0 atom stereocenters. The van der Waals surface area contributed by atoms with Gasteiger partial charge in [-0.3, -0.25) is 0 Å². The molecule has 0 heterocycles. The Morgan fingerprint density at radius 3 is 2.35 bits per heavy atom. The minimum atomic E-state index is -3.64. The van der Waals surface area contributed by atoms with Crippen LogP contribution in [0.2, 0.25) is 0 Å². The van der Waals surface area contributed by atoms with E-state index >= 15 is 0 Å². The maximum absolute atomic E-state index is 12.9. The maximum atomic E-state index is 12.9. The van der Waals surface area contributed by atoms with Gasteiger partial charge in [0.25, 0.3) is 0 Å². The number of urea groups is 1. The van der Waals surface area contributed by atoms with Crippen molar-refractivity contribution < 1.29 is 26.9 Å². The average Bonchev–Trinajstić information content (AvgIpc) is 2.67. The van der Waals surface area contributed by atoms with Gasteiger partial charge in [-0.15, -0.1) is 0 Å². The molecular formula is C22H28N2O6S. The normalized spacial score (nSPS) is 11.1. The molecule has 9 heteroatoms. The minimum absolute atomic E-state index is 0.194. The molecule has 0 fully saturated rings. The van der Waals surface area contributed by atoms with Crippen molar-refractivity contribution in [3.05, 3.63) is 59.7 Å². The van der Waals surface area contributed by atoms with Gasteiger partial charge in [-0.25, -0.2) is 9.59 Å². The average molecular weight is 449 g/mol. The number of rotatable bonds is 9. The Bertz CT molecular complexity index is 1000. The van der Waals surface area contributed by atoms with Crippen molar-refractivity contribution in [1.82, 2.24) is 4.90 Å². The largest absolute Gasteiger partial charge is 0.462 e. The van der Waals surface area contributed by atoms with Gasteiger partial charge in [0, 0.05) is 18.8 Å². The van der Waals surface area contributed by atoms with Crippen LogP contribution in [0.25, 0.3) is 0 Å². The second-order valence-corrected chi connectivity index (χ2v) is 9.01. The van der Waals surface area contributed by atoms with E-state index in [9.17, 15) is 18.0 Å². The van der Waals surface area contributed by atoms with Gasteiger partial charge in [-0.2, -0.15) is 8.42 Å². The molecule has 0 bridgehead atoms. The number of ether oxygens (including phenoxy) is 1. The summed E-state index contributed by atoms with van der Waals surface area (Å²) < 4.78 is 32.6. The van der Waals surface area contributed by atoms with Gasteiger partial charge in [-0.05, 0) is 54.8 Å². The summed E-state index contributed by atoms with van der Waals surface area (Å²) in [5.74, 6) is -0.00939. The van der Waals surface area contributed by atoms with E-state index in [1.54, 1.807) is 60.4 Å². The van der Waals surface area contributed by atoms with Crippen molar-refractivity contribution in [1.29, 1.82) is 0 Å². The molecule has 2 aromatic rings. The monoisotopic (exact) mass is 448 g/mol. The van der Waals surface area contributed by atoms with Crippen LogP contribution in [0, 0.1) is 5.92 Å². The summed E-state index contributed by atoms with van der Waals surface area (Å²) in [6, 6.07) is 12.7. The van der Waals surface area contributed by atoms with E-state index in [2.05, 4.69) is 5.32 Å². The highest BCUT2D eigenvalue weighted by Crippen LogP contribution is 2.18. The predicted molar refractivity (Wildman–Crippen MR) is 119 cm³/mol. The fraction of sp³-hybridized carbons (Fsp3) is 0.364. The second kappa shape index (κ2) is 10.8. The lowest BCUT2D eigenvalue weighted by atomic mass is 10.1. The standard InChI is InChI=1S/C22H28N2O6S/c1-5-29-21(25)18-9-11-19(12-10-18)23-22(26)24(14-16(2)3)15-17-7-6-8-20(13-17)30-31(4,27)28/h6-13,16H,5,14-15H2,1-4H3,(H,23,26). The first kappa shape index (κ1) is 24.2. The number of carbonyl (C=O) groups is 2. The molecule has 31 heavy (non-hydrogen) atoms. The Balaban J connectivity index is 2.12. The SMILES string of the molecule is CCOC(=O)c1ccc(NC(=O)N(Cc2cccc(OS(C)(=O)=O)c2)CC(C)C)cc1. The lowest BCUT2D eigenvalue weighted by Crippen LogP contribution is -2.37. The van der Waals surface area contributed by atoms with Gasteiger partial charge < -0.3 is 19.1 Å². The third-order valence-electron chi connectivity index (χ3n) is 4.04. The van der Waals surface area contributed by atoms with E-state index in [4.69, 9.17) is 8.92 Å². The number of hydrogen-bond acceptors (Lipinski definition) is 6. The summed E-state index contributed by atoms with van der Waals surface area (Å²) in [6.07, 6.45) is 0.978. The summed E-state index contributed by atoms with van der Waals surface area (Å²) in [5.41, 5.74) is 1.68. The third-order valence-corrected chi connectivity index (χ3v) is 4.53. The summed E-state index contributed by atoms with van der Waals surface area (Å²) in [5, 5.41) is 2.83. The van der Waals surface area contributed by atoms with Crippen LogP contribution in [0.15, 0.2) is 48.5 Å². The molecule has 168 valence electrons. The van der Waals surface area contributed by atoms with Gasteiger partial charge in [0.15, 0.2) is 0 Å². The molecule has 2 aromatic carbocycles. The molecule has 2 rings (SSSR count). The van der Waals surface area contributed by atoms with Crippen molar-refractivity contribution >= 4 is 27.8 Å². The van der Waals surface area contributed by atoms with Crippen molar-refractivity contribution in [2.24, 2.45) is 5.92 Å². The van der Waals surface area contributed by atoms with Crippen LogP contribution in [-0.4, -0.2) is 44.7 Å². The van der Waals surface area contributed by atoms with E-state index in [0.29, 0.717) is 17.8 Å². The van der Waals surface area contributed by atoms with E-state index in [1.165, 1.54) is 0 Å². The van der Waals surface area contributed by atoms with Gasteiger partial charge >= 0.3 is 22.1 Å². The molecule has 0 aliphatic carbocycles. The number of amides is 2. The number of carbonyl (C=O) groups excluding carboxylic acids is 2. The summed E-state index contributed by atoms with van der Waals surface area (Å²) >= 11 is 0. The smallest absolute Gasteiger partial charge is 0.338 e. The van der Waals surface area contributed by atoms with Crippen molar-refractivity contribution in [2.45, 2.75) is 27.3 Å². The van der Waals surface area contributed by atoms with Crippen LogP contribution in [0.3, 0.4) is 0 Å². The fourth-order valence-corrected chi connectivity index (χ4v) is 3.31. The molecule has 0 saturated carbocycles. The van der Waals surface area contributed by atoms with Gasteiger partial charge in [0.1, 0.15) is 5.75 Å². The molecule has 1 N–H and O–H groups in total. The first-order chi connectivity index (χ1) is 14.6. The third kappa shape index (κ3) is 8.29. The molecule has 0 aliphatic rings. The molecule has 0 spiro atoms. The zero-order valence-electron chi connectivity index (χ0n) is 18.1. The number of anilines is 1. The molecule has 0 saturated heterocycles. The van der Waals surface area contributed by atoms with Crippen LogP contribution in [-0.2, 0) is 21.4 Å². The summed E-state index contributed by atoms with van der Waals surface area (Å²) in [6.45, 7) is 6.78. The molecule has 0 unspecified atom stereocenters. The first-order valence-electron chi connectivity index (χ1n) is 9.89. The van der Waals surface area contributed by atoms with Crippen LogP contribution in [0.1, 0.15) is 36.7 Å². The summed E-state index contributed by atoms with van der Waals surface area (Å²) in [4.78, 5) is 26.3. The number of esters is 1. The van der Waals surface area contributed by atoms with E-state index in [1.807, 2.05) is 13.8 Å². The highest BCUT2D eigenvalue weighted by molar-refractivity contribution is 7.86. The first-order valence-corrected chi connectivity index (χ1v) is 11.7. The Morgan fingerprint density at radius 1 is 1.10 bits per heavy atom. The molecule has 0 radical (unpaired) electrons. The molecule has 0 aliphatic heterocycles. The Hall–Kier alpha value is -3.07. The topological polar surface area (TPSA) is 102 Å². The number of benzene rings is 2. The molecule has 2 amide bonds. The lowest BCUT2D eigenvalue weighted by molar-refractivity contribution is 0.0526. The minimum Gasteiger partial charge on any atom is -0.462 e. The second-order valence-electron chi connectivity index (χ2n) is 7.44.